The highest BCUT2D eigenvalue weighted by Crippen LogP contribution is 2.23. The van der Waals surface area contributed by atoms with Crippen LogP contribution in [0.4, 0.5) is 5.69 Å². The van der Waals surface area contributed by atoms with Crippen molar-refractivity contribution >= 4 is 28.9 Å². The number of hydrogen-bond donors (Lipinski definition) is 1. The predicted octanol–water partition coefficient (Wildman–Crippen LogP) is 2.87. The van der Waals surface area contributed by atoms with E-state index in [1.165, 1.54) is 0 Å². The molecular weight excluding hydrogens is 249 g/mol. The molecule has 1 rings (SSSR count). The van der Waals surface area contributed by atoms with Crippen molar-refractivity contribution in [2.45, 2.75) is 19.9 Å². The van der Waals surface area contributed by atoms with Crippen molar-refractivity contribution in [3.8, 4) is 0 Å². The standard InChI is InChI=1S/C10H15Cl2N3O/c1-6(2)8(5-16-3)13-7-4-9(11)14-15-10(7)12/h4,6,8H,5H2,1-3H3,(H,13,14). The first-order valence-electron chi connectivity index (χ1n) is 4.98. The SMILES string of the molecule is COCC(Nc1cc(Cl)nnc1Cl)C(C)C. The van der Waals surface area contributed by atoms with Crippen LogP contribution in [0.3, 0.4) is 0 Å². The highest BCUT2D eigenvalue weighted by Gasteiger charge is 2.15. The van der Waals surface area contributed by atoms with Crippen LogP contribution in [-0.4, -0.2) is 30.0 Å². The normalized spacial score (nSPS) is 12.9. The Balaban J connectivity index is 2.80. The van der Waals surface area contributed by atoms with Gasteiger partial charge in [0.15, 0.2) is 10.3 Å². The fraction of sp³-hybridized carbons (Fsp3) is 0.600. The quantitative estimate of drug-likeness (QED) is 0.888. The van der Waals surface area contributed by atoms with E-state index in [1.807, 2.05) is 0 Å². The minimum absolute atomic E-state index is 0.155. The summed E-state index contributed by atoms with van der Waals surface area (Å²) in [5.41, 5.74) is 0.678. The van der Waals surface area contributed by atoms with E-state index >= 15 is 0 Å². The highest BCUT2D eigenvalue weighted by atomic mass is 35.5. The maximum atomic E-state index is 5.91. The Labute approximate surface area is 105 Å². The van der Waals surface area contributed by atoms with Gasteiger partial charge in [-0.05, 0) is 5.92 Å². The Morgan fingerprint density at radius 3 is 2.62 bits per heavy atom. The molecular formula is C10H15Cl2N3O. The van der Waals surface area contributed by atoms with E-state index in [4.69, 9.17) is 27.9 Å². The van der Waals surface area contributed by atoms with Gasteiger partial charge < -0.3 is 10.1 Å². The van der Waals surface area contributed by atoms with Gasteiger partial charge in [0.2, 0.25) is 0 Å². The van der Waals surface area contributed by atoms with E-state index in [1.54, 1.807) is 13.2 Å². The average Bonchev–Trinajstić information content (AvgIpc) is 2.22. The molecule has 1 unspecified atom stereocenters. The van der Waals surface area contributed by atoms with Crippen LogP contribution in [0.5, 0.6) is 0 Å². The summed E-state index contributed by atoms with van der Waals surface area (Å²) in [5.74, 6) is 0.406. The zero-order valence-electron chi connectivity index (χ0n) is 9.50. The van der Waals surface area contributed by atoms with E-state index in [0.29, 0.717) is 28.5 Å². The molecule has 4 nitrogen and oxygen atoms in total. The number of anilines is 1. The van der Waals surface area contributed by atoms with Gasteiger partial charge in [0.1, 0.15) is 0 Å². The van der Waals surface area contributed by atoms with Gasteiger partial charge in [-0.3, -0.25) is 0 Å². The molecule has 0 aromatic carbocycles. The van der Waals surface area contributed by atoms with Gasteiger partial charge in [-0.25, -0.2) is 0 Å². The first-order valence-corrected chi connectivity index (χ1v) is 5.74. The molecule has 0 saturated carbocycles. The first kappa shape index (κ1) is 13.5. The minimum atomic E-state index is 0.155. The van der Waals surface area contributed by atoms with Gasteiger partial charge in [-0.2, -0.15) is 0 Å². The molecule has 90 valence electrons. The summed E-state index contributed by atoms with van der Waals surface area (Å²) in [6.45, 7) is 4.79. The Kier molecular flexibility index (Phi) is 5.25. The summed E-state index contributed by atoms with van der Waals surface area (Å²) in [5, 5.41) is 11.2. The van der Waals surface area contributed by atoms with Gasteiger partial charge in [-0.1, -0.05) is 37.0 Å². The second kappa shape index (κ2) is 6.23. The van der Waals surface area contributed by atoms with E-state index in [-0.39, 0.29) is 6.04 Å². The Hall–Kier alpha value is -0.580. The van der Waals surface area contributed by atoms with Crippen LogP contribution in [0, 0.1) is 5.92 Å². The van der Waals surface area contributed by atoms with E-state index in [0.717, 1.165) is 0 Å². The summed E-state index contributed by atoms with van der Waals surface area (Å²) in [6.07, 6.45) is 0. The monoisotopic (exact) mass is 263 g/mol. The third-order valence-corrected chi connectivity index (χ3v) is 2.67. The van der Waals surface area contributed by atoms with Crippen LogP contribution < -0.4 is 5.32 Å². The molecule has 0 aliphatic heterocycles. The smallest absolute Gasteiger partial charge is 0.174 e. The number of halogens is 2. The van der Waals surface area contributed by atoms with E-state index < -0.39 is 0 Å². The molecule has 0 radical (unpaired) electrons. The highest BCUT2D eigenvalue weighted by molar-refractivity contribution is 6.33. The van der Waals surface area contributed by atoms with Crippen LogP contribution >= 0.6 is 23.2 Å². The molecule has 0 saturated heterocycles. The summed E-state index contributed by atoms with van der Waals surface area (Å²) >= 11 is 11.7. The number of ether oxygens (including phenoxy) is 1. The minimum Gasteiger partial charge on any atom is -0.383 e. The van der Waals surface area contributed by atoms with Gasteiger partial charge in [-0.15, -0.1) is 10.2 Å². The van der Waals surface area contributed by atoms with Crippen molar-refractivity contribution in [2.24, 2.45) is 5.92 Å². The predicted molar refractivity (Wildman–Crippen MR) is 66.2 cm³/mol. The fourth-order valence-corrected chi connectivity index (χ4v) is 1.53. The summed E-state index contributed by atoms with van der Waals surface area (Å²) < 4.78 is 5.13. The molecule has 0 fully saturated rings. The van der Waals surface area contributed by atoms with Crippen LogP contribution in [0.25, 0.3) is 0 Å². The molecule has 1 atom stereocenters. The lowest BCUT2D eigenvalue weighted by Gasteiger charge is -2.22. The van der Waals surface area contributed by atoms with Crippen LogP contribution in [0.15, 0.2) is 6.07 Å². The Morgan fingerprint density at radius 2 is 2.06 bits per heavy atom. The second-order valence-corrected chi connectivity index (χ2v) is 4.57. The molecule has 0 aliphatic rings. The lowest BCUT2D eigenvalue weighted by atomic mass is 10.1. The van der Waals surface area contributed by atoms with Gasteiger partial charge in [0.25, 0.3) is 0 Å². The molecule has 0 bridgehead atoms. The summed E-state index contributed by atoms with van der Waals surface area (Å²) in [6, 6.07) is 1.81. The number of aromatic nitrogens is 2. The topological polar surface area (TPSA) is 47.0 Å². The molecule has 0 aliphatic carbocycles. The number of nitrogens with zero attached hydrogens (tertiary/aromatic N) is 2. The van der Waals surface area contributed by atoms with Crippen molar-refractivity contribution in [3.05, 3.63) is 16.4 Å². The maximum Gasteiger partial charge on any atom is 0.174 e. The third kappa shape index (κ3) is 3.77. The molecule has 0 spiro atoms. The van der Waals surface area contributed by atoms with Crippen molar-refractivity contribution in [1.29, 1.82) is 0 Å². The maximum absolute atomic E-state index is 5.91. The fourth-order valence-electron chi connectivity index (χ4n) is 1.23. The van der Waals surface area contributed by atoms with Crippen LogP contribution in [0.1, 0.15) is 13.8 Å². The number of rotatable bonds is 5. The van der Waals surface area contributed by atoms with Crippen molar-refractivity contribution in [1.82, 2.24) is 10.2 Å². The first-order chi connectivity index (χ1) is 7.54. The van der Waals surface area contributed by atoms with Crippen LogP contribution in [-0.2, 0) is 4.74 Å². The van der Waals surface area contributed by atoms with Crippen molar-refractivity contribution in [2.75, 3.05) is 19.0 Å². The van der Waals surface area contributed by atoms with Gasteiger partial charge >= 0.3 is 0 Å². The average molecular weight is 264 g/mol. The lowest BCUT2D eigenvalue weighted by Crippen LogP contribution is -2.30. The lowest BCUT2D eigenvalue weighted by molar-refractivity contribution is 0.171. The third-order valence-electron chi connectivity index (χ3n) is 2.21. The molecule has 1 aromatic rings. The number of hydrogen-bond acceptors (Lipinski definition) is 4. The zero-order chi connectivity index (χ0) is 12.1. The largest absolute Gasteiger partial charge is 0.383 e. The Bertz CT molecular complexity index is 347. The van der Waals surface area contributed by atoms with Gasteiger partial charge in [0, 0.05) is 13.2 Å². The molecule has 16 heavy (non-hydrogen) atoms. The molecule has 1 N–H and O–H groups in total. The van der Waals surface area contributed by atoms with Gasteiger partial charge in [0.05, 0.1) is 18.3 Å². The van der Waals surface area contributed by atoms with Crippen molar-refractivity contribution in [3.63, 3.8) is 0 Å². The second-order valence-electron chi connectivity index (χ2n) is 3.82. The van der Waals surface area contributed by atoms with E-state index in [9.17, 15) is 0 Å². The number of nitrogens with one attached hydrogen (secondary N) is 1. The molecule has 6 heteroatoms. The molecule has 1 heterocycles. The van der Waals surface area contributed by atoms with E-state index in [2.05, 4.69) is 29.4 Å². The van der Waals surface area contributed by atoms with Crippen molar-refractivity contribution < 1.29 is 4.74 Å². The molecule has 1 aromatic heterocycles. The summed E-state index contributed by atoms with van der Waals surface area (Å²) in [4.78, 5) is 0. The zero-order valence-corrected chi connectivity index (χ0v) is 11.0. The van der Waals surface area contributed by atoms with Crippen LogP contribution in [0.2, 0.25) is 10.3 Å². The Morgan fingerprint density at radius 1 is 1.38 bits per heavy atom. The number of methoxy groups -OCH3 is 1. The molecule has 0 amide bonds. The summed E-state index contributed by atoms with van der Waals surface area (Å²) in [7, 11) is 1.66.